The van der Waals surface area contributed by atoms with Crippen LogP contribution in [0.5, 0.6) is 0 Å². The van der Waals surface area contributed by atoms with Gasteiger partial charge in [-0.1, -0.05) is 25.3 Å². The van der Waals surface area contributed by atoms with Crippen LogP contribution >= 0.6 is 0 Å². The van der Waals surface area contributed by atoms with Crippen LogP contribution in [0.3, 0.4) is 0 Å². The van der Waals surface area contributed by atoms with Crippen LogP contribution < -0.4 is 0 Å². The second-order valence-electron chi connectivity index (χ2n) is 3.40. The second-order valence-corrected chi connectivity index (χ2v) is 3.40. The van der Waals surface area contributed by atoms with E-state index in [0.29, 0.717) is 11.5 Å². The van der Waals surface area contributed by atoms with Gasteiger partial charge < -0.3 is 4.84 Å². The lowest BCUT2D eigenvalue weighted by Gasteiger charge is -2.15. The summed E-state index contributed by atoms with van der Waals surface area (Å²) in [5.74, 6) is -2.09. The van der Waals surface area contributed by atoms with Crippen LogP contribution in [0, 0.1) is 5.92 Å². The van der Waals surface area contributed by atoms with Gasteiger partial charge in [0.2, 0.25) is 0 Å². The number of amides is 2. The zero-order valence-corrected chi connectivity index (χ0v) is 8.73. The number of imide groups is 1. The number of hydrogen-bond acceptors (Lipinski definition) is 4. The molecule has 0 aliphatic carbocycles. The Morgan fingerprint density at radius 3 is 2.40 bits per heavy atom. The molecule has 1 aliphatic rings. The molecule has 2 amide bonds. The molecule has 5 nitrogen and oxygen atoms in total. The molecule has 0 N–H and O–H groups in total. The Morgan fingerprint density at radius 2 is 1.93 bits per heavy atom. The summed E-state index contributed by atoms with van der Waals surface area (Å²) < 4.78 is 0. The van der Waals surface area contributed by atoms with E-state index in [1.165, 1.54) is 0 Å². The first-order valence-electron chi connectivity index (χ1n) is 4.84. The fourth-order valence-electron chi connectivity index (χ4n) is 1.21. The number of carbonyl (C=O) groups is 3. The van der Waals surface area contributed by atoms with Crippen LogP contribution in [0.25, 0.3) is 0 Å². The quantitative estimate of drug-likeness (QED) is 0.645. The molecule has 0 saturated heterocycles. The maximum absolute atomic E-state index is 11.4. The maximum atomic E-state index is 11.4. The van der Waals surface area contributed by atoms with Crippen molar-refractivity contribution in [3.63, 3.8) is 0 Å². The van der Waals surface area contributed by atoms with Gasteiger partial charge in [0.15, 0.2) is 0 Å². The Kier molecular flexibility index (Phi) is 3.60. The van der Waals surface area contributed by atoms with Crippen molar-refractivity contribution in [3.05, 3.63) is 12.2 Å². The minimum Gasteiger partial charge on any atom is -0.330 e. The van der Waals surface area contributed by atoms with Crippen molar-refractivity contribution in [1.29, 1.82) is 0 Å². The van der Waals surface area contributed by atoms with Crippen LogP contribution in [0.2, 0.25) is 0 Å². The fraction of sp³-hybridized carbons (Fsp3) is 0.500. The molecule has 1 aliphatic heterocycles. The number of hydroxylamine groups is 2. The van der Waals surface area contributed by atoms with Gasteiger partial charge in [0.1, 0.15) is 0 Å². The molecule has 0 aromatic heterocycles. The first kappa shape index (κ1) is 11.4. The van der Waals surface area contributed by atoms with Crippen LogP contribution in [0.4, 0.5) is 0 Å². The predicted molar refractivity (Wildman–Crippen MR) is 51.2 cm³/mol. The normalized spacial score (nSPS) is 17.1. The summed E-state index contributed by atoms with van der Waals surface area (Å²) in [7, 11) is 0. The van der Waals surface area contributed by atoms with Crippen LogP contribution in [0.1, 0.15) is 26.7 Å². The standard InChI is InChI=1S/C10H13NO4/c1-3-4-7(2)10(14)15-11-8(12)5-6-9(11)13/h5-7H,3-4H2,1-2H3. The third-order valence-corrected chi connectivity index (χ3v) is 2.07. The Morgan fingerprint density at radius 1 is 1.40 bits per heavy atom. The first-order valence-corrected chi connectivity index (χ1v) is 4.84. The molecule has 1 rings (SSSR count). The molecule has 5 heteroatoms. The first-order chi connectivity index (χ1) is 7.06. The Bertz CT molecular complexity index is 303. The van der Waals surface area contributed by atoms with E-state index in [0.717, 1.165) is 18.6 Å². The molecule has 15 heavy (non-hydrogen) atoms. The zero-order valence-electron chi connectivity index (χ0n) is 8.73. The van der Waals surface area contributed by atoms with Crippen molar-refractivity contribution >= 4 is 17.8 Å². The van der Waals surface area contributed by atoms with Crippen molar-refractivity contribution in [3.8, 4) is 0 Å². The van der Waals surface area contributed by atoms with E-state index in [2.05, 4.69) is 4.84 Å². The third-order valence-electron chi connectivity index (χ3n) is 2.07. The van der Waals surface area contributed by atoms with Crippen molar-refractivity contribution in [1.82, 2.24) is 5.06 Å². The van der Waals surface area contributed by atoms with Crippen molar-refractivity contribution in [2.24, 2.45) is 5.92 Å². The second kappa shape index (κ2) is 4.72. The molecule has 0 aromatic rings. The van der Waals surface area contributed by atoms with E-state index < -0.39 is 17.8 Å². The van der Waals surface area contributed by atoms with Crippen molar-refractivity contribution in [2.45, 2.75) is 26.7 Å². The van der Waals surface area contributed by atoms with Gasteiger partial charge in [0, 0.05) is 12.2 Å². The average Bonchev–Trinajstić information content (AvgIpc) is 2.49. The lowest BCUT2D eigenvalue weighted by Crippen LogP contribution is -2.34. The van der Waals surface area contributed by atoms with Gasteiger partial charge >= 0.3 is 5.97 Å². The lowest BCUT2D eigenvalue weighted by molar-refractivity contribution is -0.199. The molecule has 1 unspecified atom stereocenters. The summed E-state index contributed by atoms with van der Waals surface area (Å²) in [4.78, 5) is 38.2. The van der Waals surface area contributed by atoms with Crippen LogP contribution in [-0.4, -0.2) is 22.8 Å². The highest BCUT2D eigenvalue weighted by Crippen LogP contribution is 2.11. The summed E-state index contributed by atoms with van der Waals surface area (Å²) >= 11 is 0. The number of nitrogens with zero attached hydrogens (tertiary/aromatic N) is 1. The minimum absolute atomic E-state index is 0.309. The molecule has 0 radical (unpaired) electrons. The van der Waals surface area contributed by atoms with Crippen LogP contribution in [-0.2, 0) is 19.2 Å². The van der Waals surface area contributed by atoms with Crippen molar-refractivity contribution in [2.75, 3.05) is 0 Å². The third kappa shape index (κ3) is 2.65. The summed E-state index contributed by atoms with van der Waals surface area (Å²) in [6.45, 7) is 3.64. The van der Waals surface area contributed by atoms with Gasteiger partial charge in [0.05, 0.1) is 5.92 Å². The zero-order chi connectivity index (χ0) is 11.4. The highest BCUT2D eigenvalue weighted by Gasteiger charge is 2.29. The molecule has 0 spiro atoms. The minimum atomic E-state index is -0.614. The van der Waals surface area contributed by atoms with E-state index in [1.807, 2.05) is 6.92 Å². The fourth-order valence-corrected chi connectivity index (χ4v) is 1.21. The Balaban J connectivity index is 2.52. The maximum Gasteiger partial charge on any atom is 0.335 e. The van der Waals surface area contributed by atoms with Crippen LogP contribution in [0.15, 0.2) is 12.2 Å². The average molecular weight is 211 g/mol. The molecular weight excluding hydrogens is 198 g/mol. The molecule has 82 valence electrons. The highest BCUT2D eigenvalue weighted by molar-refractivity contribution is 6.12. The molecule has 0 fully saturated rings. The molecule has 0 aromatic carbocycles. The summed E-state index contributed by atoms with van der Waals surface area (Å²) in [5.41, 5.74) is 0. The Labute approximate surface area is 87.6 Å². The number of carbonyl (C=O) groups excluding carboxylic acids is 3. The predicted octanol–water partition coefficient (Wildman–Crippen LogP) is 0.806. The SMILES string of the molecule is CCCC(C)C(=O)ON1C(=O)C=CC1=O. The summed E-state index contributed by atoms with van der Waals surface area (Å²) in [6.07, 6.45) is 3.65. The van der Waals surface area contributed by atoms with E-state index in [1.54, 1.807) is 6.92 Å². The van der Waals surface area contributed by atoms with Gasteiger partial charge in [-0.3, -0.25) is 9.59 Å². The highest BCUT2D eigenvalue weighted by atomic mass is 16.7. The van der Waals surface area contributed by atoms with E-state index in [9.17, 15) is 14.4 Å². The van der Waals surface area contributed by atoms with E-state index >= 15 is 0 Å². The lowest BCUT2D eigenvalue weighted by atomic mass is 10.1. The van der Waals surface area contributed by atoms with Gasteiger partial charge in [0.25, 0.3) is 11.8 Å². The van der Waals surface area contributed by atoms with Crippen molar-refractivity contribution < 1.29 is 19.2 Å². The van der Waals surface area contributed by atoms with Gasteiger partial charge in [-0.25, -0.2) is 4.79 Å². The molecule has 0 saturated carbocycles. The smallest absolute Gasteiger partial charge is 0.330 e. The number of rotatable bonds is 4. The molecule has 1 heterocycles. The summed E-state index contributed by atoms with van der Waals surface area (Å²) in [5, 5.41) is 0.481. The summed E-state index contributed by atoms with van der Waals surface area (Å²) in [6, 6.07) is 0. The Hall–Kier alpha value is -1.65. The number of hydrogen-bond donors (Lipinski definition) is 0. The van der Waals surface area contributed by atoms with Gasteiger partial charge in [-0.15, -0.1) is 0 Å². The van der Waals surface area contributed by atoms with E-state index in [4.69, 9.17) is 0 Å². The molecular formula is C10H13NO4. The topological polar surface area (TPSA) is 63.7 Å². The van der Waals surface area contributed by atoms with E-state index in [-0.39, 0.29) is 5.92 Å². The molecule has 0 bridgehead atoms. The van der Waals surface area contributed by atoms with Gasteiger partial charge in [-0.2, -0.15) is 0 Å². The monoisotopic (exact) mass is 211 g/mol. The van der Waals surface area contributed by atoms with Gasteiger partial charge in [-0.05, 0) is 6.42 Å². The largest absolute Gasteiger partial charge is 0.335 e. The molecule has 1 atom stereocenters.